The van der Waals surface area contributed by atoms with Crippen molar-refractivity contribution >= 4 is 5.91 Å². The molecule has 10 heavy (non-hydrogen) atoms. The van der Waals surface area contributed by atoms with Crippen molar-refractivity contribution in [3.63, 3.8) is 0 Å². The Labute approximate surface area is 62.2 Å². The van der Waals surface area contributed by atoms with E-state index in [1.165, 1.54) is 0 Å². The van der Waals surface area contributed by atoms with Crippen molar-refractivity contribution in [3.8, 4) is 0 Å². The van der Waals surface area contributed by atoms with Gasteiger partial charge in [-0.1, -0.05) is 13.8 Å². The zero-order valence-electron chi connectivity index (χ0n) is 7.06. The maximum atomic E-state index is 11.0. The van der Waals surface area contributed by atoms with Crippen molar-refractivity contribution < 1.29 is 4.79 Å². The number of nitrogens with one attached hydrogen (secondary N) is 2. The molecule has 1 atom stereocenters. The van der Waals surface area contributed by atoms with Crippen LogP contribution in [0.25, 0.3) is 0 Å². The maximum Gasteiger partial charge on any atom is 0.237 e. The summed E-state index contributed by atoms with van der Waals surface area (Å²) in [6, 6.07) is -0.0648. The summed E-state index contributed by atoms with van der Waals surface area (Å²) in [5, 5.41) is 5.54. The number of hydrogen-bond donors (Lipinski definition) is 2. The Balaban J connectivity index is 3.93. The fourth-order valence-electron chi connectivity index (χ4n) is 0.923. The maximum absolute atomic E-state index is 11.0. The van der Waals surface area contributed by atoms with Gasteiger partial charge in [-0.2, -0.15) is 0 Å². The molecule has 3 heteroatoms. The molecule has 0 spiro atoms. The summed E-state index contributed by atoms with van der Waals surface area (Å²) in [5.74, 6) is 0.391. The van der Waals surface area contributed by atoms with Crippen LogP contribution in [-0.4, -0.2) is 26.0 Å². The third-order valence-electron chi connectivity index (χ3n) is 1.51. The molecule has 0 saturated heterocycles. The molecular formula is C7H16N2O. The van der Waals surface area contributed by atoms with Crippen LogP contribution in [0.4, 0.5) is 0 Å². The first kappa shape index (κ1) is 9.43. The number of likely N-dealkylation sites (N-methyl/N-ethyl adjacent to an activating group) is 2. The lowest BCUT2D eigenvalue weighted by Gasteiger charge is -2.17. The highest BCUT2D eigenvalue weighted by Crippen LogP contribution is 1.99. The number of carbonyl (C=O) groups excluding carboxylic acids is 1. The summed E-state index contributed by atoms with van der Waals surface area (Å²) in [5.41, 5.74) is 0. The van der Waals surface area contributed by atoms with E-state index >= 15 is 0 Å². The lowest BCUT2D eigenvalue weighted by atomic mass is 10.0. The molecule has 0 aliphatic rings. The molecule has 3 nitrogen and oxygen atoms in total. The number of amides is 1. The third-order valence-corrected chi connectivity index (χ3v) is 1.51. The normalized spacial score (nSPS) is 13.3. The summed E-state index contributed by atoms with van der Waals surface area (Å²) >= 11 is 0. The van der Waals surface area contributed by atoms with Crippen LogP contribution in [0.2, 0.25) is 0 Å². The van der Waals surface area contributed by atoms with Crippen LogP contribution in [0.1, 0.15) is 13.8 Å². The van der Waals surface area contributed by atoms with Gasteiger partial charge >= 0.3 is 0 Å². The summed E-state index contributed by atoms with van der Waals surface area (Å²) in [6.07, 6.45) is 0. The zero-order valence-corrected chi connectivity index (χ0v) is 7.06. The summed E-state index contributed by atoms with van der Waals surface area (Å²) in [7, 11) is 3.44. The number of hydrogen-bond acceptors (Lipinski definition) is 2. The topological polar surface area (TPSA) is 41.1 Å². The van der Waals surface area contributed by atoms with Crippen LogP contribution in [0.5, 0.6) is 0 Å². The van der Waals surface area contributed by atoms with Crippen molar-refractivity contribution in [1.82, 2.24) is 10.6 Å². The van der Waals surface area contributed by atoms with Crippen LogP contribution >= 0.6 is 0 Å². The highest BCUT2D eigenvalue weighted by molar-refractivity contribution is 5.81. The van der Waals surface area contributed by atoms with Crippen LogP contribution in [0.3, 0.4) is 0 Å². The quantitative estimate of drug-likeness (QED) is 0.584. The van der Waals surface area contributed by atoms with Gasteiger partial charge in [-0.25, -0.2) is 0 Å². The average molecular weight is 144 g/mol. The predicted octanol–water partition coefficient (Wildman–Crippen LogP) is -0.0236. The Morgan fingerprint density at radius 1 is 1.30 bits per heavy atom. The first-order valence-electron chi connectivity index (χ1n) is 3.52. The first-order chi connectivity index (χ1) is 4.63. The minimum Gasteiger partial charge on any atom is -0.358 e. The molecule has 1 unspecified atom stereocenters. The molecule has 0 heterocycles. The van der Waals surface area contributed by atoms with Crippen LogP contribution in [0, 0.1) is 5.92 Å². The van der Waals surface area contributed by atoms with Gasteiger partial charge in [0.25, 0.3) is 0 Å². The lowest BCUT2D eigenvalue weighted by Crippen LogP contribution is -2.44. The van der Waals surface area contributed by atoms with Crippen molar-refractivity contribution in [1.29, 1.82) is 0 Å². The predicted molar refractivity (Wildman–Crippen MR) is 41.8 cm³/mol. The van der Waals surface area contributed by atoms with Gasteiger partial charge in [0.05, 0.1) is 6.04 Å². The van der Waals surface area contributed by atoms with Crippen molar-refractivity contribution in [2.45, 2.75) is 19.9 Å². The number of carbonyl (C=O) groups is 1. The lowest BCUT2D eigenvalue weighted by molar-refractivity contribution is -0.123. The minimum atomic E-state index is -0.0648. The third kappa shape index (κ3) is 2.35. The second-order valence-corrected chi connectivity index (χ2v) is 2.62. The molecule has 0 aromatic rings. The summed E-state index contributed by atoms with van der Waals surface area (Å²) in [6.45, 7) is 4.02. The molecule has 0 rings (SSSR count). The monoisotopic (exact) mass is 144 g/mol. The summed E-state index contributed by atoms with van der Waals surface area (Å²) in [4.78, 5) is 11.0. The molecule has 0 aromatic heterocycles. The molecule has 0 radical (unpaired) electrons. The highest BCUT2D eigenvalue weighted by Gasteiger charge is 2.17. The SMILES string of the molecule is CNC(=O)C(NC)C(C)C. The second kappa shape index (κ2) is 4.28. The minimum absolute atomic E-state index is 0.0532. The van der Waals surface area contributed by atoms with Gasteiger partial charge in [-0.3, -0.25) is 4.79 Å². The van der Waals surface area contributed by atoms with Crippen molar-refractivity contribution in [2.75, 3.05) is 14.1 Å². The molecule has 1 amide bonds. The molecule has 0 aliphatic carbocycles. The molecule has 0 aromatic carbocycles. The summed E-state index contributed by atoms with van der Waals surface area (Å²) < 4.78 is 0. The van der Waals surface area contributed by atoms with E-state index in [0.717, 1.165) is 0 Å². The van der Waals surface area contributed by atoms with Gasteiger partial charge in [0.15, 0.2) is 0 Å². The van der Waals surface area contributed by atoms with Crippen LogP contribution in [0.15, 0.2) is 0 Å². The Kier molecular flexibility index (Phi) is 4.03. The fourth-order valence-corrected chi connectivity index (χ4v) is 0.923. The van der Waals surface area contributed by atoms with E-state index in [9.17, 15) is 4.79 Å². The van der Waals surface area contributed by atoms with Crippen LogP contribution < -0.4 is 10.6 Å². The highest BCUT2D eigenvalue weighted by atomic mass is 16.2. The molecule has 0 bridgehead atoms. The molecule has 0 saturated carbocycles. The molecule has 2 N–H and O–H groups in total. The van der Waals surface area contributed by atoms with Gasteiger partial charge < -0.3 is 10.6 Å². The molecule has 60 valence electrons. The van der Waals surface area contributed by atoms with E-state index in [4.69, 9.17) is 0 Å². The van der Waals surface area contributed by atoms with E-state index in [1.807, 2.05) is 13.8 Å². The Morgan fingerprint density at radius 2 is 1.80 bits per heavy atom. The molecule has 0 fully saturated rings. The van der Waals surface area contributed by atoms with Gasteiger partial charge in [-0.05, 0) is 13.0 Å². The fraction of sp³-hybridized carbons (Fsp3) is 0.857. The Hall–Kier alpha value is -0.570. The average Bonchev–Trinajstić information content (AvgIpc) is 1.88. The van der Waals surface area contributed by atoms with Gasteiger partial charge in [-0.15, -0.1) is 0 Å². The van der Waals surface area contributed by atoms with Gasteiger partial charge in [0.2, 0.25) is 5.91 Å². The van der Waals surface area contributed by atoms with E-state index in [0.29, 0.717) is 5.92 Å². The smallest absolute Gasteiger partial charge is 0.237 e. The Morgan fingerprint density at radius 3 is 1.90 bits per heavy atom. The zero-order chi connectivity index (χ0) is 8.15. The van der Waals surface area contributed by atoms with E-state index in [1.54, 1.807) is 14.1 Å². The molecular weight excluding hydrogens is 128 g/mol. The van der Waals surface area contributed by atoms with Crippen molar-refractivity contribution in [3.05, 3.63) is 0 Å². The van der Waals surface area contributed by atoms with E-state index in [2.05, 4.69) is 10.6 Å². The standard InChI is InChI=1S/C7H16N2O/c1-5(2)6(8-3)7(10)9-4/h5-6,8H,1-4H3,(H,9,10). The number of rotatable bonds is 3. The second-order valence-electron chi connectivity index (χ2n) is 2.62. The first-order valence-corrected chi connectivity index (χ1v) is 3.52. The Bertz CT molecular complexity index is 112. The van der Waals surface area contributed by atoms with Gasteiger partial charge in [0, 0.05) is 7.05 Å². The largest absolute Gasteiger partial charge is 0.358 e. The molecule has 0 aliphatic heterocycles. The van der Waals surface area contributed by atoms with Crippen molar-refractivity contribution in [2.24, 2.45) is 5.92 Å². The van der Waals surface area contributed by atoms with Gasteiger partial charge in [0.1, 0.15) is 0 Å². The van der Waals surface area contributed by atoms with Crippen LogP contribution in [-0.2, 0) is 4.79 Å². The van der Waals surface area contributed by atoms with E-state index < -0.39 is 0 Å². The van der Waals surface area contributed by atoms with E-state index in [-0.39, 0.29) is 11.9 Å².